The van der Waals surface area contributed by atoms with Gasteiger partial charge in [0.05, 0.1) is 10.7 Å². The van der Waals surface area contributed by atoms with E-state index in [2.05, 4.69) is 27.7 Å². The normalized spacial score (nSPS) is 16.2. The van der Waals surface area contributed by atoms with E-state index in [4.69, 9.17) is 11.6 Å². The molecule has 0 saturated carbocycles. The number of nitrogens with one attached hydrogen (secondary N) is 2. The lowest BCUT2D eigenvalue weighted by Gasteiger charge is -2.34. The van der Waals surface area contributed by atoms with Gasteiger partial charge in [0.1, 0.15) is 0 Å². The van der Waals surface area contributed by atoms with Crippen molar-refractivity contribution in [3.05, 3.63) is 28.8 Å². The van der Waals surface area contributed by atoms with Gasteiger partial charge in [0, 0.05) is 32.6 Å². The highest BCUT2D eigenvalue weighted by atomic mass is 35.5. The average Bonchev–Trinajstić information content (AvgIpc) is 2.40. The molecule has 1 saturated heterocycles. The Labute approximate surface area is 125 Å². The Hall–Kier alpha value is -1.26. The molecule has 0 unspecified atom stereocenters. The van der Waals surface area contributed by atoms with Crippen LogP contribution in [0.1, 0.15) is 25.3 Å². The van der Waals surface area contributed by atoms with E-state index in [9.17, 15) is 4.79 Å². The third-order valence-corrected chi connectivity index (χ3v) is 3.94. The number of anilines is 1. The first kappa shape index (κ1) is 15.1. The standard InChI is InChI=1S/C15H22ClN3O/c1-11(20)18-13-5-7-19(8-6-13)15-4-3-12(10-17-2)9-14(15)16/h3-4,9,13,17H,5-8,10H2,1-2H3,(H,18,20). The summed E-state index contributed by atoms with van der Waals surface area (Å²) in [4.78, 5) is 13.4. The fourth-order valence-corrected chi connectivity index (χ4v) is 3.00. The van der Waals surface area contributed by atoms with Gasteiger partial charge < -0.3 is 15.5 Å². The molecule has 0 spiro atoms. The monoisotopic (exact) mass is 295 g/mol. The molecule has 0 atom stereocenters. The van der Waals surface area contributed by atoms with Gasteiger partial charge >= 0.3 is 0 Å². The SMILES string of the molecule is CNCc1ccc(N2CCC(NC(C)=O)CC2)c(Cl)c1. The Morgan fingerprint density at radius 1 is 1.40 bits per heavy atom. The lowest BCUT2D eigenvalue weighted by Crippen LogP contribution is -2.44. The van der Waals surface area contributed by atoms with Crippen LogP contribution in [-0.2, 0) is 11.3 Å². The van der Waals surface area contributed by atoms with E-state index in [-0.39, 0.29) is 5.91 Å². The zero-order chi connectivity index (χ0) is 14.5. The average molecular weight is 296 g/mol. The van der Waals surface area contributed by atoms with Crippen LogP contribution in [-0.4, -0.2) is 32.1 Å². The minimum Gasteiger partial charge on any atom is -0.370 e. The van der Waals surface area contributed by atoms with E-state index in [1.807, 2.05) is 13.1 Å². The minimum atomic E-state index is 0.0536. The van der Waals surface area contributed by atoms with Crippen LogP contribution in [0.4, 0.5) is 5.69 Å². The number of carbonyl (C=O) groups excluding carboxylic acids is 1. The molecule has 1 aromatic carbocycles. The summed E-state index contributed by atoms with van der Waals surface area (Å²) in [5.41, 5.74) is 2.28. The van der Waals surface area contributed by atoms with Gasteiger partial charge in [-0.25, -0.2) is 0 Å². The molecule has 4 nitrogen and oxygen atoms in total. The number of hydrogen-bond acceptors (Lipinski definition) is 3. The quantitative estimate of drug-likeness (QED) is 0.895. The van der Waals surface area contributed by atoms with Crippen LogP contribution in [0.3, 0.4) is 0 Å². The van der Waals surface area contributed by atoms with Crippen LogP contribution >= 0.6 is 11.6 Å². The van der Waals surface area contributed by atoms with Crippen molar-refractivity contribution in [3.63, 3.8) is 0 Å². The Morgan fingerprint density at radius 3 is 2.65 bits per heavy atom. The van der Waals surface area contributed by atoms with Gasteiger partial charge in [0.25, 0.3) is 0 Å². The van der Waals surface area contributed by atoms with Crippen LogP contribution < -0.4 is 15.5 Å². The topological polar surface area (TPSA) is 44.4 Å². The molecular weight excluding hydrogens is 274 g/mol. The van der Waals surface area contributed by atoms with E-state index in [1.54, 1.807) is 6.92 Å². The third kappa shape index (κ3) is 3.87. The fraction of sp³-hybridized carbons (Fsp3) is 0.533. The second-order valence-corrected chi connectivity index (χ2v) is 5.69. The van der Waals surface area contributed by atoms with Gasteiger partial charge in [-0.1, -0.05) is 17.7 Å². The number of piperidine rings is 1. The van der Waals surface area contributed by atoms with Gasteiger partial charge in [-0.2, -0.15) is 0 Å². The van der Waals surface area contributed by atoms with Crippen molar-refractivity contribution in [2.45, 2.75) is 32.4 Å². The summed E-state index contributed by atoms with van der Waals surface area (Å²) in [5.74, 6) is 0.0536. The summed E-state index contributed by atoms with van der Waals surface area (Å²) >= 11 is 6.38. The molecule has 0 aliphatic carbocycles. The van der Waals surface area contributed by atoms with Crippen molar-refractivity contribution in [2.24, 2.45) is 0 Å². The molecule has 20 heavy (non-hydrogen) atoms. The molecule has 1 aliphatic heterocycles. The predicted molar refractivity (Wildman–Crippen MR) is 83.3 cm³/mol. The number of rotatable bonds is 4. The molecule has 0 radical (unpaired) electrons. The minimum absolute atomic E-state index is 0.0536. The first-order valence-electron chi connectivity index (χ1n) is 7.05. The van der Waals surface area contributed by atoms with Crippen molar-refractivity contribution < 1.29 is 4.79 Å². The lowest BCUT2D eigenvalue weighted by molar-refractivity contribution is -0.119. The van der Waals surface area contributed by atoms with E-state index in [0.29, 0.717) is 6.04 Å². The maximum atomic E-state index is 11.1. The van der Waals surface area contributed by atoms with Crippen molar-refractivity contribution in [2.75, 3.05) is 25.0 Å². The molecule has 1 amide bonds. The van der Waals surface area contributed by atoms with Crippen LogP contribution in [0.15, 0.2) is 18.2 Å². The zero-order valence-electron chi connectivity index (χ0n) is 12.1. The van der Waals surface area contributed by atoms with E-state index >= 15 is 0 Å². The van der Waals surface area contributed by atoms with Crippen molar-refractivity contribution >= 4 is 23.2 Å². The first-order valence-corrected chi connectivity index (χ1v) is 7.43. The highest BCUT2D eigenvalue weighted by Gasteiger charge is 2.21. The molecular formula is C15H22ClN3O. The van der Waals surface area contributed by atoms with E-state index in [1.165, 1.54) is 5.56 Å². The van der Waals surface area contributed by atoms with Crippen LogP contribution in [0, 0.1) is 0 Å². The molecule has 110 valence electrons. The lowest BCUT2D eigenvalue weighted by atomic mass is 10.0. The van der Waals surface area contributed by atoms with Crippen LogP contribution in [0.2, 0.25) is 5.02 Å². The maximum absolute atomic E-state index is 11.1. The number of benzene rings is 1. The highest BCUT2D eigenvalue weighted by molar-refractivity contribution is 6.33. The molecule has 0 aromatic heterocycles. The third-order valence-electron chi connectivity index (χ3n) is 3.64. The number of nitrogens with zero attached hydrogens (tertiary/aromatic N) is 1. The Bertz CT molecular complexity index is 470. The number of hydrogen-bond donors (Lipinski definition) is 2. The summed E-state index contributed by atoms with van der Waals surface area (Å²) in [6.45, 7) is 4.25. The number of carbonyl (C=O) groups is 1. The number of amides is 1. The zero-order valence-corrected chi connectivity index (χ0v) is 12.8. The van der Waals surface area contributed by atoms with Gasteiger partial charge in [0.15, 0.2) is 0 Å². The maximum Gasteiger partial charge on any atom is 0.217 e. The van der Waals surface area contributed by atoms with Crippen LogP contribution in [0.5, 0.6) is 0 Å². The van der Waals surface area contributed by atoms with Crippen molar-refractivity contribution in [1.82, 2.24) is 10.6 Å². The first-order chi connectivity index (χ1) is 9.60. The van der Waals surface area contributed by atoms with E-state index in [0.717, 1.165) is 43.2 Å². The molecule has 1 aromatic rings. The molecule has 1 heterocycles. The molecule has 2 N–H and O–H groups in total. The van der Waals surface area contributed by atoms with Gasteiger partial charge in [-0.05, 0) is 37.6 Å². The molecule has 0 bridgehead atoms. The number of halogens is 1. The Kier molecular flexibility index (Phi) is 5.26. The Morgan fingerprint density at radius 2 is 2.10 bits per heavy atom. The summed E-state index contributed by atoms with van der Waals surface area (Å²) < 4.78 is 0. The molecule has 2 rings (SSSR count). The fourth-order valence-electron chi connectivity index (χ4n) is 2.67. The molecule has 1 fully saturated rings. The summed E-state index contributed by atoms with van der Waals surface area (Å²) in [6.07, 6.45) is 1.93. The van der Waals surface area contributed by atoms with Crippen molar-refractivity contribution in [1.29, 1.82) is 0 Å². The Balaban J connectivity index is 1.98. The highest BCUT2D eigenvalue weighted by Crippen LogP contribution is 2.29. The summed E-state index contributed by atoms with van der Waals surface area (Å²) in [7, 11) is 1.93. The molecule has 1 aliphatic rings. The van der Waals surface area contributed by atoms with Gasteiger partial charge in [-0.15, -0.1) is 0 Å². The van der Waals surface area contributed by atoms with Gasteiger partial charge in [-0.3, -0.25) is 4.79 Å². The second kappa shape index (κ2) is 6.95. The largest absolute Gasteiger partial charge is 0.370 e. The predicted octanol–water partition coefficient (Wildman–Crippen LogP) is 2.16. The smallest absolute Gasteiger partial charge is 0.217 e. The molecule has 5 heteroatoms. The van der Waals surface area contributed by atoms with Crippen LogP contribution in [0.25, 0.3) is 0 Å². The second-order valence-electron chi connectivity index (χ2n) is 5.28. The summed E-state index contributed by atoms with van der Waals surface area (Å²) in [5, 5.41) is 6.91. The van der Waals surface area contributed by atoms with E-state index < -0.39 is 0 Å². The van der Waals surface area contributed by atoms with Crippen molar-refractivity contribution in [3.8, 4) is 0 Å². The summed E-state index contributed by atoms with van der Waals surface area (Å²) in [6, 6.07) is 6.52. The van der Waals surface area contributed by atoms with Gasteiger partial charge in [0.2, 0.25) is 5.91 Å².